The molecular weight excluding hydrogens is 314 g/mol. The van der Waals surface area contributed by atoms with Crippen molar-refractivity contribution in [1.29, 1.82) is 0 Å². The number of hydrogen-bond donors (Lipinski definition) is 1. The van der Waals surface area contributed by atoms with Crippen LogP contribution in [-0.2, 0) is 15.4 Å². The van der Waals surface area contributed by atoms with Crippen LogP contribution in [0.4, 0.5) is 0 Å². The summed E-state index contributed by atoms with van der Waals surface area (Å²) >= 11 is 3.34. The Morgan fingerprint density at radius 2 is 1.89 bits per heavy atom. The molecule has 0 radical (unpaired) electrons. The Kier molecular flexibility index (Phi) is 6.32. The Labute approximate surface area is 118 Å². The number of halogens is 1. The first-order valence-corrected chi connectivity index (χ1v) is 8.77. The largest absolute Gasteiger partial charge is 0.240 e. The fourth-order valence-electron chi connectivity index (χ4n) is 1.66. The van der Waals surface area contributed by atoms with Gasteiger partial charge in [-0.1, -0.05) is 47.8 Å². The van der Waals surface area contributed by atoms with Crippen LogP contribution in [0.5, 0.6) is 0 Å². The molecule has 3 nitrogen and oxygen atoms in total. The zero-order chi connectivity index (χ0) is 13.6. The Hall–Kier alpha value is -0.390. The summed E-state index contributed by atoms with van der Waals surface area (Å²) < 4.78 is 26.9. The maximum Gasteiger partial charge on any atom is 0.240 e. The molecule has 0 aromatic heterocycles. The van der Waals surface area contributed by atoms with Crippen LogP contribution in [0.2, 0.25) is 0 Å². The molecule has 0 aliphatic rings. The summed E-state index contributed by atoms with van der Waals surface area (Å²) in [5.41, 5.74) is 1.06. The van der Waals surface area contributed by atoms with Crippen molar-refractivity contribution in [2.75, 3.05) is 0 Å². The molecule has 1 aromatic carbocycles. The first-order valence-electron chi connectivity index (χ1n) is 6.17. The number of sulfonamides is 1. The van der Waals surface area contributed by atoms with Crippen molar-refractivity contribution in [3.05, 3.63) is 29.8 Å². The lowest BCUT2D eigenvalue weighted by atomic mass is 10.2. The molecule has 0 amide bonds. The zero-order valence-corrected chi connectivity index (χ0v) is 13.2. The Balaban J connectivity index is 2.73. The van der Waals surface area contributed by atoms with E-state index in [-0.39, 0.29) is 6.04 Å². The van der Waals surface area contributed by atoms with E-state index in [0.29, 0.717) is 4.90 Å². The molecule has 0 saturated heterocycles. The maximum absolute atomic E-state index is 12.1. The average molecular weight is 334 g/mol. The standard InChI is InChI=1S/C13H20BrNO2S/c1-3-4-5-11(2)15-18(16,17)13-8-6-12(10-14)7-9-13/h6-9,11,15H,3-5,10H2,1-2H3. The van der Waals surface area contributed by atoms with Crippen LogP contribution in [-0.4, -0.2) is 14.5 Å². The molecule has 0 heterocycles. The molecule has 1 unspecified atom stereocenters. The van der Waals surface area contributed by atoms with Crippen LogP contribution in [0.1, 0.15) is 38.7 Å². The van der Waals surface area contributed by atoms with E-state index in [1.807, 2.05) is 19.1 Å². The molecule has 0 aliphatic heterocycles. The smallest absolute Gasteiger partial charge is 0.208 e. The molecule has 0 aliphatic carbocycles. The predicted octanol–water partition coefficient (Wildman–Crippen LogP) is 3.44. The topological polar surface area (TPSA) is 46.2 Å². The first-order chi connectivity index (χ1) is 8.49. The second-order valence-corrected chi connectivity index (χ2v) is 6.72. The highest BCUT2D eigenvalue weighted by Gasteiger charge is 2.16. The van der Waals surface area contributed by atoms with E-state index in [2.05, 4.69) is 27.6 Å². The van der Waals surface area contributed by atoms with Gasteiger partial charge < -0.3 is 0 Å². The van der Waals surface area contributed by atoms with Gasteiger partial charge in [0.2, 0.25) is 10.0 Å². The number of alkyl halides is 1. The van der Waals surface area contributed by atoms with E-state index in [1.54, 1.807) is 12.1 Å². The molecule has 0 saturated carbocycles. The van der Waals surface area contributed by atoms with Gasteiger partial charge >= 0.3 is 0 Å². The Morgan fingerprint density at radius 3 is 2.39 bits per heavy atom. The molecule has 102 valence electrons. The fourth-order valence-corrected chi connectivity index (χ4v) is 3.31. The molecular formula is C13H20BrNO2S. The highest BCUT2D eigenvalue weighted by molar-refractivity contribution is 9.08. The summed E-state index contributed by atoms with van der Waals surface area (Å²) in [6, 6.07) is 6.91. The average Bonchev–Trinajstić information content (AvgIpc) is 2.36. The molecule has 1 N–H and O–H groups in total. The van der Waals surface area contributed by atoms with Crippen LogP contribution in [0.15, 0.2) is 29.2 Å². The van der Waals surface area contributed by atoms with E-state index in [0.717, 1.165) is 30.2 Å². The van der Waals surface area contributed by atoms with Gasteiger partial charge in [-0.15, -0.1) is 0 Å². The fraction of sp³-hybridized carbons (Fsp3) is 0.538. The van der Waals surface area contributed by atoms with Gasteiger partial charge in [0.05, 0.1) is 4.90 Å². The number of unbranched alkanes of at least 4 members (excludes halogenated alkanes) is 1. The van der Waals surface area contributed by atoms with E-state index in [9.17, 15) is 8.42 Å². The lowest BCUT2D eigenvalue weighted by Gasteiger charge is -2.13. The van der Waals surface area contributed by atoms with Gasteiger partial charge in [0, 0.05) is 11.4 Å². The normalized spacial score (nSPS) is 13.5. The molecule has 1 rings (SSSR count). The van der Waals surface area contributed by atoms with Gasteiger partial charge in [-0.05, 0) is 31.0 Å². The minimum atomic E-state index is -3.38. The van der Waals surface area contributed by atoms with Crippen LogP contribution < -0.4 is 4.72 Å². The van der Waals surface area contributed by atoms with Crippen molar-refractivity contribution in [2.24, 2.45) is 0 Å². The minimum absolute atomic E-state index is 0.0224. The quantitative estimate of drug-likeness (QED) is 0.777. The second kappa shape index (κ2) is 7.26. The van der Waals surface area contributed by atoms with Crippen LogP contribution >= 0.6 is 15.9 Å². The van der Waals surface area contributed by atoms with Gasteiger partial charge in [0.1, 0.15) is 0 Å². The predicted molar refractivity (Wildman–Crippen MR) is 78.4 cm³/mol. The van der Waals surface area contributed by atoms with Gasteiger partial charge in [0.25, 0.3) is 0 Å². The highest BCUT2D eigenvalue weighted by Crippen LogP contribution is 2.13. The van der Waals surface area contributed by atoms with Gasteiger partial charge in [-0.3, -0.25) is 0 Å². The van der Waals surface area contributed by atoms with Crippen LogP contribution in [0, 0.1) is 0 Å². The summed E-state index contributed by atoms with van der Waals surface area (Å²) in [6.07, 6.45) is 2.98. The third-order valence-corrected chi connectivity index (χ3v) is 4.99. The first kappa shape index (κ1) is 15.7. The van der Waals surface area contributed by atoms with Gasteiger partial charge in [-0.2, -0.15) is 0 Å². The highest BCUT2D eigenvalue weighted by atomic mass is 79.9. The van der Waals surface area contributed by atoms with E-state index in [1.165, 1.54) is 0 Å². The number of nitrogens with one attached hydrogen (secondary N) is 1. The lowest BCUT2D eigenvalue weighted by molar-refractivity contribution is 0.534. The minimum Gasteiger partial charge on any atom is -0.208 e. The number of rotatable bonds is 7. The molecule has 1 aromatic rings. The van der Waals surface area contributed by atoms with Crippen LogP contribution in [0.25, 0.3) is 0 Å². The second-order valence-electron chi connectivity index (χ2n) is 4.44. The zero-order valence-electron chi connectivity index (χ0n) is 10.8. The van der Waals surface area contributed by atoms with Crippen molar-refractivity contribution >= 4 is 26.0 Å². The molecule has 5 heteroatoms. The maximum atomic E-state index is 12.1. The summed E-state index contributed by atoms with van der Waals surface area (Å²) in [5, 5.41) is 0.730. The third-order valence-electron chi connectivity index (χ3n) is 2.73. The molecule has 18 heavy (non-hydrogen) atoms. The summed E-state index contributed by atoms with van der Waals surface area (Å²) in [4.78, 5) is 0.329. The van der Waals surface area contributed by atoms with Gasteiger partial charge in [0.15, 0.2) is 0 Å². The summed E-state index contributed by atoms with van der Waals surface area (Å²) in [5.74, 6) is 0. The van der Waals surface area contributed by atoms with E-state index in [4.69, 9.17) is 0 Å². The van der Waals surface area contributed by atoms with Crippen molar-refractivity contribution in [3.8, 4) is 0 Å². The van der Waals surface area contributed by atoms with Crippen molar-refractivity contribution in [3.63, 3.8) is 0 Å². The van der Waals surface area contributed by atoms with Gasteiger partial charge in [-0.25, -0.2) is 13.1 Å². The molecule has 0 fully saturated rings. The number of hydrogen-bond acceptors (Lipinski definition) is 2. The molecule has 0 spiro atoms. The van der Waals surface area contributed by atoms with Crippen molar-refractivity contribution < 1.29 is 8.42 Å². The third kappa shape index (κ3) is 4.71. The molecule has 1 atom stereocenters. The van der Waals surface area contributed by atoms with Crippen LogP contribution in [0.3, 0.4) is 0 Å². The Bertz CT molecular complexity index is 456. The molecule has 0 bridgehead atoms. The SMILES string of the molecule is CCCCC(C)NS(=O)(=O)c1ccc(CBr)cc1. The lowest BCUT2D eigenvalue weighted by Crippen LogP contribution is -2.32. The van der Waals surface area contributed by atoms with Crippen molar-refractivity contribution in [1.82, 2.24) is 4.72 Å². The van der Waals surface area contributed by atoms with Crippen molar-refractivity contribution in [2.45, 2.75) is 49.4 Å². The van der Waals surface area contributed by atoms with E-state index >= 15 is 0 Å². The Morgan fingerprint density at radius 1 is 1.28 bits per heavy atom. The number of benzene rings is 1. The monoisotopic (exact) mass is 333 g/mol. The van der Waals surface area contributed by atoms with E-state index < -0.39 is 10.0 Å². The summed E-state index contributed by atoms with van der Waals surface area (Å²) in [7, 11) is -3.38. The summed E-state index contributed by atoms with van der Waals surface area (Å²) in [6.45, 7) is 4.00.